The van der Waals surface area contributed by atoms with E-state index in [1.807, 2.05) is 7.05 Å². The van der Waals surface area contributed by atoms with Gasteiger partial charge in [0, 0.05) is 6.04 Å². The van der Waals surface area contributed by atoms with E-state index in [-0.39, 0.29) is 6.10 Å². The third-order valence-corrected chi connectivity index (χ3v) is 3.27. The highest BCUT2D eigenvalue weighted by Gasteiger charge is 2.28. The van der Waals surface area contributed by atoms with Crippen LogP contribution >= 0.6 is 0 Å². The van der Waals surface area contributed by atoms with Crippen molar-refractivity contribution in [3.05, 3.63) is 29.8 Å². The summed E-state index contributed by atoms with van der Waals surface area (Å²) >= 11 is 0. The van der Waals surface area contributed by atoms with E-state index in [2.05, 4.69) is 43.4 Å². The van der Waals surface area contributed by atoms with Crippen LogP contribution in [-0.2, 0) is 0 Å². The molecule has 0 bridgehead atoms. The lowest BCUT2D eigenvalue weighted by molar-refractivity contribution is 0.242. The predicted molar refractivity (Wildman–Crippen MR) is 67.0 cm³/mol. The van der Waals surface area contributed by atoms with Crippen molar-refractivity contribution >= 4 is 0 Å². The van der Waals surface area contributed by atoms with Crippen LogP contribution < -0.4 is 10.1 Å². The predicted octanol–water partition coefficient (Wildman–Crippen LogP) is 2.94. The second kappa shape index (κ2) is 4.88. The van der Waals surface area contributed by atoms with E-state index in [0.29, 0.717) is 0 Å². The van der Waals surface area contributed by atoms with Gasteiger partial charge in [0.25, 0.3) is 0 Å². The van der Waals surface area contributed by atoms with Gasteiger partial charge in [-0.2, -0.15) is 0 Å². The fourth-order valence-corrected chi connectivity index (χ4v) is 2.22. The Morgan fingerprint density at radius 2 is 1.81 bits per heavy atom. The Hall–Kier alpha value is -1.02. The van der Waals surface area contributed by atoms with Crippen molar-refractivity contribution in [3.63, 3.8) is 0 Å². The number of benzene rings is 1. The molecule has 0 spiro atoms. The Morgan fingerprint density at radius 3 is 2.31 bits per heavy atom. The summed E-state index contributed by atoms with van der Waals surface area (Å²) in [5.41, 5.74) is 1.45. The Labute approximate surface area is 98.0 Å². The summed E-state index contributed by atoms with van der Waals surface area (Å²) in [5.74, 6) is 1.72. The molecule has 1 fully saturated rings. The number of ether oxygens (including phenoxy) is 1. The molecule has 0 unspecified atom stereocenters. The highest BCUT2D eigenvalue weighted by atomic mass is 16.5. The Bertz CT molecular complexity index is 325. The third kappa shape index (κ3) is 2.56. The topological polar surface area (TPSA) is 21.3 Å². The molecule has 0 heterocycles. The molecule has 1 N–H and O–H groups in total. The van der Waals surface area contributed by atoms with E-state index in [9.17, 15) is 0 Å². The van der Waals surface area contributed by atoms with Crippen molar-refractivity contribution in [1.29, 1.82) is 0 Å². The molecular formula is C14H21NO. The molecule has 2 rings (SSSR count). The second-order valence-electron chi connectivity index (χ2n) is 4.89. The van der Waals surface area contributed by atoms with Crippen LogP contribution in [0, 0.1) is 0 Å². The minimum atomic E-state index is 0.253. The van der Waals surface area contributed by atoms with E-state index < -0.39 is 0 Å². The first-order valence-corrected chi connectivity index (χ1v) is 6.13. The average molecular weight is 219 g/mol. The van der Waals surface area contributed by atoms with Crippen LogP contribution in [0.3, 0.4) is 0 Å². The average Bonchev–Trinajstić information content (AvgIpc) is 2.18. The fourth-order valence-electron chi connectivity index (χ4n) is 2.22. The highest BCUT2D eigenvalue weighted by molar-refractivity contribution is 5.31. The van der Waals surface area contributed by atoms with Gasteiger partial charge in [-0.25, -0.2) is 0 Å². The second-order valence-corrected chi connectivity index (χ2v) is 4.89. The van der Waals surface area contributed by atoms with Gasteiger partial charge in [-0.05, 0) is 57.4 Å². The standard InChI is InChI=1S/C14H21NO/c1-10(2)16-14-6-4-11(5-7-14)12-8-13(9-12)15-3/h4-7,10,12-13,15H,8-9H2,1-3H3. The molecule has 0 amide bonds. The third-order valence-electron chi connectivity index (χ3n) is 3.27. The molecule has 0 atom stereocenters. The lowest BCUT2D eigenvalue weighted by Gasteiger charge is -2.35. The van der Waals surface area contributed by atoms with Gasteiger partial charge in [0.2, 0.25) is 0 Å². The largest absolute Gasteiger partial charge is 0.491 e. The Kier molecular flexibility index (Phi) is 3.49. The van der Waals surface area contributed by atoms with Gasteiger partial charge in [-0.1, -0.05) is 12.1 Å². The molecule has 0 radical (unpaired) electrons. The van der Waals surface area contributed by atoms with Crippen LogP contribution in [0.5, 0.6) is 5.75 Å². The molecule has 2 heteroatoms. The lowest BCUT2D eigenvalue weighted by Crippen LogP contribution is -2.37. The molecule has 2 nitrogen and oxygen atoms in total. The van der Waals surface area contributed by atoms with Crippen LogP contribution in [0.25, 0.3) is 0 Å². The van der Waals surface area contributed by atoms with Crippen molar-refractivity contribution in [2.45, 2.75) is 44.8 Å². The van der Waals surface area contributed by atoms with Gasteiger partial charge in [0.05, 0.1) is 6.10 Å². The van der Waals surface area contributed by atoms with Crippen LogP contribution in [0.2, 0.25) is 0 Å². The summed E-state index contributed by atoms with van der Waals surface area (Å²) in [7, 11) is 2.04. The molecule has 16 heavy (non-hydrogen) atoms. The van der Waals surface area contributed by atoms with E-state index in [0.717, 1.165) is 17.7 Å². The maximum absolute atomic E-state index is 5.63. The molecule has 1 aromatic carbocycles. The van der Waals surface area contributed by atoms with Crippen LogP contribution in [0.1, 0.15) is 38.2 Å². The van der Waals surface area contributed by atoms with Gasteiger partial charge in [0.1, 0.15) is 5.75 Å². The quantitative estimate of drug-likeness (QED) is 0.840. The van der Waals surface area contributed by atoms with Gasteiger partial charge >= 0.3 is 0 Å². The van der Waals surface area contributed by atoms with Gasteiger partial charge in [-0.3, -0.25) is 0 Å². The van der Waals surface area contributed by atoms with Crippen molar-refractivity contribution in [2.24, 2.45) is 0 Å². The molecule has 0 saturated heterocycles. The molecule has 1 aliphatic carbocycles. The van der Waals surface area contributed by atoms with Gasteiger partial charge in [-0.15, -0.1) is 0 Å². The van der Waals surface area contributed by atoms with Crippen LogP contribution in [0.15, 0.2) is 24.3 Å². The minimum Gasteiger partial charge on any atom is -0.491 e. The Morgan fingerprint density at radius 1 is 1.19 bits per heavy atom. The van der Waals surface area contributed by atoms with E-state index in [1.54, 1.807) is 0 Å². The molecular weight excluding hydrogens is 198 g/mol. The smallest absolute Gasteiger partial charge is 0.119 e. The Balaban J connectivity index is 1.93. The zero-order chi connectivity index (χ0) is 11.5. The highest BCUT2D eigenvalue weighted by Crippen LogP contribution is 2.37. The molecule has 1 aliphatic rings. The molecule has 1 saturated carbocycles. The summed E-state index contributed by atoms with van der Waals surface area (Å²) in [6.07, 6.45) is 2.78. The maximum atomic E-state index is 5.63. The minimum absolute atomic E-state index is 0.253. The summed E-state index contributed by atoms with van der Waals surface area (Å²) in [5, 5.41) is 3.31. The summed E-state index contributed by atoms with van der Waals surface area (Å²) in [4.78, 5) is 0. The van der Waals surface area contributed by atoms with E-state index in [4.69, 9.17) is 4.74 Å². The molecule has 0 aliphatic heterocycles. The van der Waals surface area contributed by atoms with Crippen LogP contribution in [0.4, 0.5) is 0 Å². The van der Waals surface area contributed by atoms with Crippen LogP contribution in [-0.4, -0.2) is 19.2 Å². The first-order valence-electron chi connectivity index (χ1n) is 6.13. The van der Waals surface area contributed by atoms with Crippen molar-refractivity contribution in [3.8, 4) is 5.75 Å². The molecule has 88 valence electrons. The summed E-state index contributed by atoms with van der Waals surface area (Å²) in [6, 6.07) is 9.30. The lowest BCUT2D eigenvalue weighted by atomic mass is 9.76. The van der Waals surface area contributed by atoms with Crippen molar-refractivity contribution < 1.29 is 4.74 Å². The molecule has 0 aromatic heterocycles. The van der Waals surface area contributed by atoms with E-state index in [1.165, 1.54) is 18.4 Å². The number of hydrogen-bond acceptors (Lipinski definition) is 2. The molecule has 1 aromatic rings. The van der Waals surface area contributed by atoms with Gasteiger partial charge < -0.3 is 10.1 Å². The number of rotatable bonds is 4. The van der Waals surface area contributed by atoms with Gasteiger partial charge in [0.15, 0.2) is 0 Å². The maximum Gasteiger partial charge on any atom is 0.119 e. The zero-order valence-electron chi connectivity index (χ0n) is 10.4. The first-order chi connectivity index (χ1) is 7.69. The number of hydrogen-bond donors (Lipinski definition) is 1. The monoisotopic (exact) mass is 219 g/mol. The first kappa shape index (κ1) is 11.5. The van der Waals surface area contributed by atoms with Crippen molar-refractivity contribution in [1.82, 2.24) is 5.32 Å². The normalized spacial score (nSPS) is 24.2. The van der Waals surface area contributed by atoms with E-state index >= 15 is 0 Å². The fraction of sp³-hybridized carbons (Fsp3) is 0.571. The SMILES string of the molecule is CNC1CC(c2ccc(OC(C)C)cc2)C1. The zero-order valence-corrected chi connectivity index (χ0v) is 10.4. The number of nitrogens with one attached hydrogen (secondary N) is 1. The van der Waals surface area contributed by atoms with Crippen molar-refractivity contribution in [2.75, 3.05) is 7.05 Å². The summed E-state index contributed by atoms with van der Waals surface area (Å²) in [6.45, 7) is 4.11. The summed E-state index contributed by atoms with van der Waals surface area (Å²) < 4.78 is 5.63.